The highest BCUT2D eigenvalue weighted by atomic mass is 35.5. The van der Waals surface area contributed by atoms with E-state index < -0.39 is 16.3 Å². The molecule has 32 heavy (non-hydrogen) atoms. The predicted molar refractivity (Wildman–Crippen MR) is 123 cm³/mol. The van der Waals surface area contributed by atoms with Crippen molar-refractivity contribution in [2.45, 2.75) is 42.5 Å². The molecule has 1 fully saturated rings. The number of aliphatic hydroxyl groups excluding tert-OH is 1. The van der Waals surface area contributed by atoms with Crippen molar-refractivity contribution in [2.24, 2.45) is 0 Å². The normalized spacial score (nSPS) is 21.3. The molecule has 1 unspecified atom stereocenters. The summed E-state index contributed by atoms with van der Waals surface area (Å²) in [5, 5.41) is 24.0. The second-order valence-electron chi connectivity index (χ2n) is 8.44. The highest BCUT2D eigenvalue weighted by Gasteiger charge is 2.40. The Morgan fingerprint density at radius 3 is 2.69 bits per heavy atom. The summed E-state index contributed by atoms with van der Waals surface area (Å²) in [5.74, 6) is 1.77. The lowest BCUT2D eigenvalue weighted by molar-refractivity contribution is 0.144. The Balaban J connectivity index is 1.51. The number of pyridine rings is 1. The summed E-state index contributed by atoms with van der Waals surface area (Å²) < 4.78 is 12.8. The maximum Gasteiger partial charge on any atom is 0.154 e. The molecule has 0 aromatic carbocycles. The number of aryl methyl sites for hydroxylation is 1. The van der Waals surface area contributed by atoms with Crippen LogP contribution in [0.1, 0.15) is 42.8 Å². The maximum absolute atomic E-state index is 12.8. The average molecular weight is 471 g/mol. The summed E-state index contributed by atoms with van der Waals surface area (Å²) in [6.07, 6.45) is 9.22. The van der Waals surface area contributed by atoms with E-state index in [1.807, 2.05) is 0 Å². The third-order valence-electron chi connectivity index (χ3n) is 6.49. The largest absolute Gasteiger partial charge is 0.394 e. The van der Waals surface area contributed by atoms with Crippen LogP contribution in [0.5, 0.6) is 0 Å². The molecule has 0 bridgehead atoms. The van der Waals surface area contributed by atoms with Crippen molar-refractivity contribution in [1.29, 1.82) is 5.26 Å². The van der Waals surface area contributed by atoms with E-state index in [0.717, 1.165) is 30.5 Å². The summed E-state index contributed by atoms with van der Waals surface area (Å²) in [6, 6.07) is 2.31. The van der Waals surface area contributed by atoms with Crippen LogP contribution in [0.2, 0.25) is 5.02 Å². The molecule has 0 saturated heterocycles. The number of halogens is 1. The van der Waals surface area contributed by atoms with Crippen LogP contribution in [-0.2, 0) is 17.2 Å². The van der Waals surface area contributed by atoms with Crippen molar-refractivity contribution >= 4 is 39.5 Å². The van der Waals surface area contributed by atoms with Crippen molar-refractivity contribution in [2.75, 3.05) is 35.7 Å². The zero-order chi connectivity index (χ0) is 22.3. The first-order valence-corrected chi connectivity index (χ1v) is 12.4. The van der Waals surface area contributed by atoms with Crippen LogP contribution in [0.25, 0.3) is 5.57 Å². The van der Waals surface area contributed by atoms with Gasteiger partial charge in [0.15, 0.2) is 5.82 Å². The number of nitrogens with one attached hydrogen (secondary N) is 1. The predicted octanol–water partition coefficient (Wildman–Crippen LogP) is 2.68. The molecular formula is C22H23ClN6O2S. The molecule has 4 heterocycles. The van der Waals surface area contributed by atoms with Gasteiger partial charge in [-0.25, -0.2) is 15.0 Å². The third-order valence-corrected chi connectivity index (χ3v) is 8.15. The van der Waals surface area contributed by atoms with Crippen molar-refractivity contribution in [3.63, 3.8) is 0 Å². The molecule has 166 valence electrons. The molecule has 3 aliphatic rings. The fraction of sp³-hybridized carbons (Fsp3) is 0.455. The van der Waals surface area contributed by atoms with Crippen molar-refractivity contribution < 1.29 is 9.32 Å². The van der Waals surface area contributed by atoms with E-state index in [1.54, 1.807) is 12.4 Å². The van der Waals surface area contributed by atoms with E-state index in [0.29, 0.717) is 64.5 Å². The number of hydrogen-bond acceptors (Lipinski definition) is 8. The molecule has 1 aliphatic carbocycles. The molecule has 2 aromatic heterocycles. The van der Waals surface area contributed by atoms with Crippen LogP contribution in [0.15, 0.2) is 23.4 Å². The van der Waals surface area contributed by atoms with Crippen molar-refractivity contribution in [1.82, 2.24) is 15.0 Å². The van der Waals surface area contributed by atoms with Gasteiger partial charge in [-0.05, 0) is 31.3 Å². The van der Waals surface area contributed by atoms with Gasteiger partial charge in [-0.3, -0.25) is 4.21 Å². The summed E-state index contributed by atoms with van der Waals surface area (Å²) >= 11 is 5.89. The molecule has 0 radical (unpaired) electrons. The Morgan fingerprint density at radius 1 is 1.31 bits per heavy atom. The molecule has 1 saturated carbocycles. The lowest BCUT2D eigenvalue weighted by Crippen LogP contribution is -2.48. The van der Waals surface area contributed by atoms with Gasteiger partial charge in [-0.2, -0.15) is 5.26 Å². The fourth-order valence-corrected chi connectivity index (χ4v) is 5.97. The van der Waals surface area contributed by atoms with Gasteiger partial charge in [0.05, 0.1) is 44.2 Å². The monoisotopic (exact) mass is 470 g/mol. The third kappa shape index (κ3) is 3.66. The molecule has 2 N–H and O–H groups in total. The number of anilines is 2. The smallest absolute Gasteiger partial charge is 0.154 e. The van der Waals surface area contributed by atoms with Crippen LogP contribution in [0.3, 0.4) is 0 Å². The first-order chi connectivity index (χ1) is 15.5. The lowest BCUT2D eigenvalue weighted by Gasteiger charge is -2.42. The van der Waals surface area contributed by atoms with Gasteiger partial charge in [-0.15, -0.1) is 0 Å². The molecule has 1 atom stereocenters. The van der Waals surface area contributed by atoms with Crippen LogP contribution in [0.4, 0.5) is 11.5 Å². The van der Waals surface area contributed by atoms with Crippen LogP contribution in [-0.4, -0.2) is 55.3 Å². The fourth-order valence-electron chi connectivity index (χ4n) is 4.50. The summed E-state index contributed by atoms with van der Waals surface area (Å²) in [4.78, 5) is 16.1. The van der Waals surface area contributed by atoms with Gasteiger partial charge in [-0.1, -0.05) is 17.7 Å². The highest BCUT2D eigenvalue weighted by molar-refractivity contribution is 7.85. The minimum Gasteiger partial charge on any atom is -0.394 e. The van der Waals surface area contributed by atoms with E-state index in [9.17, 15) is 14.6 Å². The number of nitriles is 1. The number of fused-ring (bicyclic) bond motifs is 1. The second-order valence-corrected chi connectivity index (χ2v) is 10.4. The van der Waals surface area contributed by atoms with Gasteiger partial charge in [0.2, 0.25) is 0 Å². The van der Waals surface area contributed by atoms with Crippen LogP contribution >= 0.6 is 11.6 Å². The Kier molecular flexibility index (Phi) is 5.61. The van der Waals surface area contributed by atoms with Gasteiger partial charge in [0, 0.05) is 37.7 Å². The number of aromatic nitrogens is 3. The second kappa shape index (κ2) is 8.43. The maximum atomic E-state index is 12.8. The zero-order valence-corrected chi connectivity index (χ0v) is 19.0. The first kappa shape index (κ1) is 21.3. The first-order valence-electron chi connectivity index (χ1n) is 10.7. The minimum absolute atomic E-state index is 0.0200. The lowest BCUT2D eigenvalue weighted by atomic mass is 9.77. The van der Waals surface area contributed by atoms with Crippen LogP contribution < -0.4 is 10.2 Å². The molecule has 2 aliphatic heterocycles. The van der Waals surface area contributed by atoms with Crippen LogP contribution in [0, 0.1) is 11.3 Å². The van der Waals surface area contributed by atoms with E-state index in [4.69, 9.17) is 16.6 Å². The van der Waals surface area contributed by atoms with Gasteiger partial charge in [0.25, 0.3) is 0 Å². The Hall–Kier alpha value is -2.54. The quantitative estimate of drug-likeness (QED) is 0.685. The summed E-state index contributed by atoms with van der Waals surface area (Å²) in [7, 11) is -1.20. The number of nitrogens with zero attached hydrogens (tertiary/aromatic N) is 5. The molecule has 10 heteroatoms. The summed E-state index contributed by atoms with van der Waals surface area (Å²) in [5.41, 5.74) is 2.35. The van der Waals surface area contributed by atoms with Crippen molar-refractivity contribution in [3.05, 3.63) is 40.6 Å². The molecule has 0 spiro atoms. The molecular weight excluding hydrogens is 448 g/mol. The number of hydrogen-bond donors (Lipinski definition) is 2. The molecule has 0 amide bonds. The zero-order valence-electron chi connectivity index (χ0n) is 17.5. The van der Waals surface area contributed by atoms with E-state index in [1.165, 1.54) is 0 Å². The molecule has 5 rings (SSSR count). The van der Waals surface area contributed by atoms with E-state index in [-0.39, 0.29) is 6.61 Å². The topological polar surface area (TPSA) is 115 Å². The molecule has 2 aromatic rings. The van der Waals surface area contributed by atoms with Gasteiger partial charge in [0.1, 0.15) is 17.5 Å². The Morgan fingerprint density at radius 2 is 2.09 bits per heavy atom. The highest BCUT2D eigenvalue weighted by Crippen LogP contribution is 2.42. The number of rotatable bonds is 5. The summed E-state index contributed by atoms with van der Waals surface area (Å²) in [6.45, 7) is 1.20. The Bertz CT molecular complexity index is 1150. The Labute approximate surface area is 193 Å². The standard InChI is InChI=1S/C22H23ClN6O2S/c23-15-11-25-20(26-12-15)14-2-7-29(8-3-14)21-16(10-24)18(28-22(13-30)5-1-6-22)19-17(27-21)4-9-32(19)31/h2,11-12,30H,1,3-9,13H2,(H,27,28). The van der Waals surface area contributed by atoms with Crippen molar-refractivity contribution in [3.8, 4) is 6.07 Å². The SMILES string of the molecule is N#Cc1c(N2CC=C(c3ncc(Cl)cn3)CC2)nc2c(c1NC1(CO)CCC1)S(=O)CC2. The van der Waals surface area contributed by atoms with Gasteiger partial charge >= 0.3 is 0 Å². The van der Waals surface area contributed by atoms with Gasteiger partial charge < -0.3 is 15.3 Å². The number of aliphatic hydroxyl groups is 1. The van der Waals surface area contributed by atoms with E-state index >= 15 is 0 Å². The minimum atomic E-state index is -1.20. The average Bonchev–Trinajstić information content (AvgIpc) is 3.17. The molecule has 8 nitrogen and oxygen atoms in total. The van der Waals surface area contributed by atoms with E-state index in [2.05, 4.69) is 32.3 Å².